The molecule has 1 saturated heterocycles. The SMILES string of the molecule is CCn1[nH]c(=O)c(Br)c1C(c1ccccc1)N1CCC2(CC1)C(=O)N(Cc1ccc(F)cc1)N=C2c1ccccc1. The van der Waals surface area contributed by atoms with Crippen LogP contribution in [-0.4, -0.2) is 44.4 Å². The van der Waals surface area contributed by atoms with Crippen molar-refractivity contribution in [2.24, 2.45) is 10.5 Å². The van der Waals surface area contributed by atoms with E-state index in [4.69, 9.17) is 5.10 Å². The van der Waals surface area contributed by atoms with Crippen LogP contribution >= 0.6 is 15.9 Å². The van der Waals surface area contributed by atoms with Gasteiger partial charge in [-0.3, -0.25) is 24.3 Å². The first kappa shape index (κ1) is 27.4. The molecule has 41 heavy (non-hydrogen) atoms. The Balaban J connectivity index is 1.34. The Bertz CT molecular complexity index is 1620. The second kappa shape index (κ2) is 11.2. The average molecular weight is 617 g/mol. The fourth-order valence-corrected chi connectivity index (χ4v) is 6.70. The van der Waals surface area contributed by atoms with Gasteiger partial charge in [-0.25, -0.2) is 9.40 Å². The van der Waals surface area contributed by atoms with Gasteiger partial charge in [-0.2, -0.15) is 5.10 Å². The summed E-state index contributed by atoms with van der Waals surface area (Å²) >= 11 is 3.57. The van der Waals surface area contributed by atoms with Crippen LogP contribution in [0.2, 0.25) is 0 Å². The molecule has 1 fully saturated rings. The zero-order valence-corrected chi connectivity index (χ0v) is 24.4. The van der Waals surface area contributed by atoms with Crippen LogP contribution < -0.4 is 5.56 Å². The summed E-state index contributed by atoms with van der Waals surface area (Å²) in [5, 5.41) is 9.40. The molecule has 1 unspecified atom stereocenters. The number of H-pyrrole nitrogens is 1. The molecule has 0 saturated carbocycles. The molecule has 1 spiro atoms. The minimum atomic E-state index is -0.765. The van der Waals surface area contributed by atoms with E-state index in [-0.39, 0.29) is 29.9 Å². The van der Waals surface area contributed by atoms with Gasteiger partial charge in [0.25, 0.3) is 11.5 Å². The number of halogens is 2. The number of hydrogen-bond acceptors (Lipinski definition) is 4. The largest absolute Gasteiger partial charge is 0.291 e. The van der Waals surface area contributed by atoms with Crippen molar-refractivity contribution >= 4 is 27.5 Å². The van der Waals surface area contributed by atoms with Gasteiger partial charge in [0.05, 0.1) is 29.4 Å². The highest BCUT2D eigenvalue weighted by atomic mass is 79.9. The second-order valence-electron chi connectivity index (χ2n) is 10.6. The molecule has 1 N–H and O–H groups in total. The number of aromatic nitrogens is 2. The molecule has 3 heterocycles. The molecule has 3 aromatic carbocycles. The lowest BCUT2D eigenvalue weighted by Crippen LogP contribution is -2.50. The van der Waals surface area contributed by atoms with Gasteiger partial charge in [0, 0.05) is 19.6 Å². The number of likely N-dealkylation sites (tertiary alicyclic amines) is 1. The number of amides is 1. The molecule has 2 aliphatic heterocycles. The van der Waals surface area contributed by atoms with Gasteiger partial charge in [0.15, 0.2) is 0 Å². The fraction of sp³-hybridized carbons (Fsp3) is 0.281. The zero-order chi connectivity index (χ0) is 28.6. The third-order valence-electron chi connectivity index (χ3n) is 8.27. The van der Waals surface area contributed by atoms with Gasteiger partial charge in [-0.05, 0) is 64.5 Å². The Hall–Kier alpha value is -3.82. The predicted octanol–water partition coefficient (Wildman–Crippen LogP) is 5.72. The predicted molar refractivity (Wildman–Crippen MR) is 160 cm³/mol. The minimum Gasteiger partial charge on any atom is -0.291 e. The summed E-state index contributed by atoms with van der Waals surface area (Å²) in [7, 11) is 0. The highest BCUT2D eigenvalue weighted by Gasteiger charge is 2.53. The second-order valence-corrected chi connectivity index (χ2v) is 11.4. The average Bonchev–Trinajstić information content (AvgIpc) is 3.44. The van der Waals surface area contributed by atoms with Crippen LogP contribution in [-0.2, 0) is 17.9 Å². The van der Waals surface area contributed by atoms with Crippen LogP contribution in [0.15, 0.2) is 99.3 Å². The number of hydrazone groups is 1. The summed E-state index contributed by atoms with van der Waals surface area (Å²) in [5.74, 6) is -0.334. The maximum Gasteiger partial charge on any atom is 0.278 e. The van der Waals surface area contributed by atoms with Gasteiger partial charge < -0.3 is 0 Å². The van der Waals surface area contributed by atoms with Crippen molar-refractivity contribution in [1.29, 1.82) is 0 Å². The Morgan fingerprint density at radius 2 is 1.59 bits per heavy atom. The van der Waals surface area contributed by atoms with Crippen molar-refractivity contribution < 1.29 is 9.18 Å². The highest BCUT2D eigenvalue weighted by Crippen LogP contribution is 2.45. The monoisotopic (exact) mass is 615 g/mol. The molecule has 0 radical (unpaired) electrons. The summed E-state index contributed by atoms with van der Waals surface area (Å²) in [6.07, 6.45) is 1.17. The van der Waals surface area contributed by atoms with E-state index in [9.17, 15) is 14.0 Å². The quantitative estimate of drug-likeness (QED) is 0.289. The van der Waals surface area contributed by atoms with E-state index in [0.29, 0.717) is 36.9 Å². The lowest BCUT2D eigenvalue weighted by molar-refractivity contribution is -0.138. The summed E-state index contributed by atoms with van der Waals surface area (Å²) in [4.78, 5) is 29.2. The molecule has 1 aromatic heterocycles. The Labute approximate surface area is 246 Å². The molecule has 210 valence electrons. The van der Waals surface area contributed by atoms with Gasteiger partial charge in [0.2, 0.25) is 0 Å². The maximum absolute atomic E-state index is 14.2. The molecule has 1 amide bonds. The molecule has 2 aliphatic rings. The first-order valence-electron chi connectivity index (χ1n) is 13.9. The Morgan fingerprint density at radius 1 is 0.951 bits per heavy atom. The normalized spacial score (nSPS) is 17.7. The number of rotatable bonds is 7. The lowest BCUT2D eigenvalue weighted by Gasteiger charge is -2.42. The van der Waals surface area contributed by atoms with E-state index in [1.165, 1.54) is 12.1 Å². The van der Waals surface area contributed by atoms with E-state index < -0.39 is 5.41 Å². The number of hydrogen-bond donors (Lipinski definition) is 1. The number of benzene rings is 3. The summed E-state index contributed by atoms with van der Waals surface area (Å²) in [6, 6.07) is 26.1. The van der Waals surface area contributed by atoms with E-state index >= 15 is 0 Å². The van der Waals surface area contributed by atoms with Crippen molar-refractivity contribution in [2.45, 2.75) is 38.9 Å². The molecule has 0 aliphatic carbocycles. The molecular weight excluding hydrogens is 585 g/mol. The smallest absolute Gasteiger partial charge is 0.278 e. The van der Waals surface area contributed by atoms with Crippen molar-refractivity contribution in [2.75, 3.05) is 13.1 Å². The van der Waals surface area contributed by atoms with E-state index in [1.807, 2.05) is 60.1 Å². The van der Waals surface area contributed by atoms with Crippen LogP contribution in [0.4, 0.5) is 4.39 Å². The van der Waals surface area contributed by atoms with Crippen molar-refractivity contribution in [3.05, 3.63) is 128 Å². The molecule has 4 aromatic rings. The van der Waals surface area contributed by atoms with Crippen LogP contribution in [0.1, 0.15) is 48.2 Å². The molecular formula is C32H31BrFN5O2. The van der Waals surface area contributed by atoms with E-state index in [2.05, 4.69) is 38.1 Å². The fourth-order valence-electron chi connectivity index (χ4n) is 6.19. The summed E-state index contributed by atoms with van der Waals surface area (Å²) in [6.45, 7) is 4.19. The lowest BCUT2D eigenvalue weighted by atomic mass is 9.71. The molecule has 6 rings (SSSR count). The number of piperidine rings is 1. The van der Waals surface area contributed by atoms with Crippen LogP contribution in [0.5, 0.6) is 0 Å². The number of aromatic amines is 1. The number of carbonyl (C=O) groups is 1. The Morgan fingerprint density at radius 3 is 2.22 bits per heavy atom. The van der Waals surface area contributed by atoms with Gasteiger partial charge >= 0.3 is 0 Å². The van der Waals surface area contributed by atoms with Crippen LogP contribution in [0.25, 0.3) is 0 Å². The third kappa shape index (κ3) is 4.97. The summed E-state index contributed by atoms with van der Waals surface area (Å²) < 4.78 is 16.0. The van der Waals surface area contributed by atoms with Crippen molar-refractivity contribution in [3.63, 3.8) is 0 Å². The van der Waals surface area contributed by atoms with Gasteiger partial charge in [0.1, 0.15) is 10.3 Å². The van der Waals surface area contributed by atoms with Crippen LogP contribution in [0.3, 0.4) is 0 Å². The molecule has 9 heteroatoms. The third-order valence-corrected chi connectivity index (χ3v) is 9.04. The molecule has 7 nitrogen and oxygen atoms in total. The first-order chi connectivity index (χ1) is 19.9. The number of nitrogens with zero attached hydrogens (tertiary/aromatic N) is 4. The zero-order valence-electron chi connectivity index (χ0n) is 22.8. The maximum atomic E-state index is 14.2. The topological polar surface area (TPSA) is 73.7 Å². The minimum absolute atomic E-state index is 0.0233. The highest BCUT2D eigenvalue weighted by molar-refractivity contribution is 9.10. The standard InChI is InChI=1S/C32H31BrFN5O2/c1-2-38-28(26(33)30(40)36-38)27(23-9-5-3-6-10-23)37-19-17-32(18-20-37)29(24-11-7-4-8-12-24)35-39(31(32)41)21-22-13-15-25(34)16-14-22/h3-16,27H,2,17-21H2,1H3,(H,36,40). The van der Waals surface area contributed by atoms with E-state index in [0.717, 1.165) is 28.1 Å². The van der Waals surface area contributed by atoms with E-state index in [1.54, 1.807) is 17.1 Å². The van der Waals surface area contributed by atoms with Gasteiger partial charge in [-0.1, -0.05) is 72.8 Å². The summed E-state index contributed by atoms with van der Waals surface area (Å²) in [5.41, 5.74) is 3.59. The number of carbonyl (C=O) groups excluding carboxylic acids is 1. The van der Waals surface area contributed by atoms with Crippen molar-refractivity contribution in [3.8, 4) is 0 Å². The molecule has 0 bridgehead atoms. The Kier molecular flexibility index (Phi) is 7.48. The number of nitrogens with one attached hydrogen (secondary N) is 1. The molecule has 1 atom stereocenters. The number of aryl methyl sites for hydroxylation is 1. The van der Waals surface area contributed by atoms with Crippen molar-refractivity contribution in [1.82, 2.24) is 19.7 Å². The van der Waals surface area contributed by atoms with Gasteiger partial charge in [-0.15, -0.1) is 0 Å². The first-order valence-corrected chi connectivity index (χ1v) is 14.7. The van der Waals surface area contributed by atoms with Crippen LogP contribution in [0, 0.1) is 11.2 Å².